The maximum absolute atomic E-state index is 12.9. The summed E-state index contributed by atoms with van der Waals surface area (Å²) in [6.45, 7) is 3.23. The van der Waals surface area contributed by atoms with Crippen LogP contribution in [0.5, 0.6) is 5.75 Å². The van der Waals surface area contributed by atoms with E-state index in [4.69, 9.17) is 23.2 Å². The average molecular weight is 419 g/mol. The fraction of sp³-hybridized carbons (Fsp3) is 0.409. The van der Waals surface area contributed by atoms with Gasteiger partial charge in [-0.1, -0.05) is 41.4 Å². The molecule has 0 aromatic heterocycles. The predicted molar refractivity (Wildman–Crippen MR) is 112 cm³/mol. The number of hydrogen-bond acceptors (Lipinski definition) is 3. The molecule has 2 aliphatic rings. The molecule has 1 atom stereocenters. The number of phenolic OH excluding ortho intramolecular Hbond substituents is 1. The number of hydrogen-bond donors (Lipinski definition) is 1. The molecule has 0 bridgehead atoms. The Bertz CT molecular complexity index is 848. The van der Waals surface area contributed by atoms with Gasteiger partial charge in [-0.15, -0.1) is 0 Å². The van der Waals surface area contributed by atoms with Crippen molar-refractivity contribution in [2.24, 2.45) is 0 Å². The Kier molecular flexibility index (Phi) is 5.81. The molecule has 2 aromatic carbocycles. The number of rotatable bonds is 4. The van der Waals surface area contributed by atoms with Crippen molar-refractivity contribution in [3.05, 3.63) is 63.6 Å². The summed E-state index contributed by atoms with van der Waals surface area (Å²) in [6, 6.07) is 13.1. The lowest BCUT2D eigenvalue weighted by Crippen LogP contribution is -2.45. The number of likely N-dealkylation sites (tertiary alicyclic amines) is 2. The molecule has 1 unspecified atom stereocenters. The molecule has 0 radical (unpaired) electrons. The Hall–Kier alpha value is -1.75. The van der Waals surface area contributed by atoms with Crippen LogP contribution >= 0.6 is 23.2 Å². The van der Waals surface area contributed by atoms with Crippen LogP contribution in [0.15, 0.2) is 42.5 Å². The molecule has 1 N–H and O–H groups in total. The van der Waals surface area contributed by atoms with Crippen LogP contribution < -0.4 is 0 Å². The number of carbonyl (C=O) groups is 1. The summed E-state index contributed by atoms with van der Waals surface area (Å²) in [5.74, 6) is 1.02. The van der Waals surface area contributed by atoms with Crippen molar-refractivity contribution >= 4 is 29.1 Å². The molecule has 2 aliphatic heterocycles. The number of halogens is 2. The minimum Gasteiger partial charge on any atom is -0.508 e. The van der Waals surface area contributed by atoms with Crippen molar-refractivity contribution in [3.63, 3.8) is 0 Å². The van der Waals surface area contributed by atoms with Crippen molar-refractivity contribution in [1.29, 1.82) is 0 Å². The number of piperidine rings is 1. The second-order valence-electron chi connectivity index (χ2n) is 7.71. The molecule has 1 amide bonds. The van der Waals surface area contributed by atoms with Gasteiger partial charge >= 0.3 is 0 Å². The zero-order valence-electron chi connectivity index (χ0n) is 15.7. The summed E-state index contributed by atoms with van der Waals surface area (Å²) in [5.41, 5.74) is 2.28. The highest BCUT2D eigenvalue weighted by atomic mass is 35.5. The lowest BCUT2D eigenvalue weighted by molar-refractivity contribution is -0.133. The fourth-order valence-corrected chi connectivity index (χ4v) is 4.69. The Morgan fingerprint density at radius 3 is 2.32 bits per heavy atom. The van der Waals surface area contributed by atoms with E-state index in [2.05, 4.69) is 4.90 Å². The van der Waals surface area contributed by atoms with E-state index in [1.165, 1.54) is 5.56 Å². The highest BCUT2D eigenvalue weighted by Gasteiger charge is 2.37. The largest absolute Gasteiger partial charge is 0.508 e. The number of nitrogens with zero attached hydrogens (tertiary/aromatic N) is 2. The summed E-state index contributed by atoms with van der Waals surface area (Å²) in [6.07, 6.45) is 2.97. The molecule has 28 heavy (non-hydrogen) atoms. The van der Waals surface area contributed by atoms with Crippen molar-refractivity contribution in [2.75, 3.05) is 19.6 Å². The van der Waals surface area contributed by atoms with E-state index in [1.54, 1.807) is 18.2 Å². The molecule has 2 saturated heterocycles. The van der Waals surface area contributed by atoms with Gasteiger partial charge in [0.05, 0.1) is 16.1 Å². The third-order valence-corrected chi connectivity index (χ3v) is 6.70. The van der Waals surface area contributed by atoms with Gasteiger partial charge in [0.2, 0.25) is 5.91 Å². The first-order valence-corrected chi connectivity index (χ1v) is 10.5. The van der Waals surface area contributed by atoms with Gasteiger partial charge in [0.1, 0.15) is 5.75 Å². The second-order valence-corrected chi connectivity index (χ2v) is 8.53. The van der Waals surface area contributed by atoms with Crippen molar-refractivity contribution < 1.29 is 9.90 Å². The number of amides is 1. The van der Waals surface area contributed by atoms with E-state index in [-0.39, 0.29) is 11.9 Å². The van der Waals surface area contributed by atoms with Gasteiger partial charge in [0.25, 0.3) is 0 Å². The van der Waals surface area contributed by atoms with Crippen molar-refractivity contribution in [2.45, 2.75) is 37.8 Å². The van der Waals surface area contributed by atoms with Crippen LogP contribution in [0.25, 0.3) is 0 Å². The minimum absolute atomic E-state index is 0.0106. The van der Waals surface area contributed by atoms with Crippen LogP contribution in [0.2, 0.25) is 10.0 Å². The number of phenols is 1. The topological polar surface area (TPSA) is 43.8 Å². The molecule has 0 aliphatic carbocycles. The molecular weight excluding hydrogens is 395 g/mol. The summed E-state index contributed by atoms with van der Waals surface area (Å²) >= 11 is 12.1. The quantitative estimate of drug-likeness (QED) is 0.783. The van der Waals surface area contributed by atoms with E-state index < -0.39 is 0 Å². The molecule has 2 fully saturated rings. The first-order valence-electron chi connectivity index (χ1n) is 9.77. The Labute approximate surface area is 175 Å². The third kappa shape index (κ3) is 4.14. The summed E-state index contributed by atoms with van der Waals surface area (Å²) in [7, 11) is 0. The van der Waals surface area contributed by atoms with Crippen LogP contribution in [0.3, 0.4) is 0 Å². The lowest BCUT2D eigenvalue weighted by atomic mass is 9.89. The lowest BCUT2D eigenvalue weighted by Gasteiger charge is -2.35. The maximum Gasteiger partial charge on any atom is 0.240 e. The SMILES string of the molecule is O=C1C(N2CCC(c3ccc(O)cc3)CC2)CCN1Cc1ccc(Cl)c(Cl)c1. The minimum atomic E-state index is -0.0106. The fourth-order valence-electron chi connectivity index (χ4n) is 4.37. The van der Waals surface area contributed by atoms with Crippen LogP contribution in [0.4, 0.5) is 0 Å². The summed E-state index contributed by atoms with van der Waals surface area (Å²) in [5, 5.41) is 10.5. The molecule has 6 heteroatoms. The third-order valence-electron chi connectivity index (χ3n) is 5.96. The molecule has 4 rings (SSSR count). The molecule has 2 heterocycles. The van der Waals surface area contributed by atoms with Crippen LogP contribution in [-0.2, 0) is 11.3 Å². The van der Waals surface area contributed by atoms with Gasteiger partial charge < -0.3 is 10.0 Å². The average Bonchev–Trinajstić information content (AvgIpc) is 3.06. The van der Waals surface area contributed by atoms with Gasteiger partial charge in [0, 0.05) is 13.1 Å². The Morgan fingerprint density at radius 2 is 1.64 bits per heavy atom. The van der Waals surface area contributed by atoms with Gasteiger partial charge in [0.15, 0.2) is 0 Å². The molecule has 4 nitrogen and oxygen atoms in total. The number of benzene rings is 2. The zero-order chi connectivity index (χ0) is 19.7. The molecule has 2 aromatic rings. The molecule has 0 saturated carbocycles. The van der Waals surface area contributed by atoms with E-state index in [0.717, 1.165) is 44.5 Å². The predicted octanol–water partition coefficient (Wildman–Crippen LogP) is 4.68. The highest BCUT2D eigenvalue weighted by Crippen LogP contribution is 2.32. The second kappa shape index (κ2) is 8.32. The summed E-state index contributed by atoms with van der Waals surface area (Å²) in [4.78, 5) is 17.2. The Balaban J connectivity index is 1.34. The molecule has 148 valence electrons. The van der Waals surface area contributed by atoms with Crippen LogP contribution in [0.1, 0.15) is 36.3 Å². The van der Waals surface area contributed by atoms with E-state index in [0.29, 0.717) is 28.3 Å². The number of carbonyl (C=O) groups excluding carboxylic acids is 1. The van der Waals surface area contributed by atoms with Gasteiger partial charge in [-0.25, -0.2) is 0 Å². The normalized spacial score (nSPS) is 21.4. The van der Waals surface area contributed by atoms with Gasteiger partial charge in [-0.3, -0.25) is 9.69 Å². The van der Waals surface area contributed by atoms with Gasteiger partial charge in [-0.2, -0.15) is 0 Å². The smallest absolute Gasteiger partial charge is 0.240 e. The van der Waals surface area contributed by atoms with E-state index in [9.17, 15) is 9.90 Å². The molecular formula is C22H24Cl2N2O2. The maximum atomic E-state index is 12.9. The van der Waals surface area contributed by atoms with Gasteiger partial charge in [-0.05, 0) is 73.7 Å². The summed E-state index contributed by atoms with van der Waals surface area (Å²) < 4.78 is 0. The van der Waals surface area contributed by atoms with Crippen molar-refractivity contribution in [1.82, 2.24) is 9.80 Å². The van der Waals surface area contributed by atoms with E-state index in [1.807, 2.05) is 29.2 Å². The first kappa shape index (κ1) is 19.6. The monoisotopic (exact) mass is 418 g/mol. The zero-order valence-corrected chi connectivity index (χ0v) is 17.2. The standard InChI is InChI=1S/C22H24Cl2N2O2/c23-19-6-1-15(13-20(19)24)14-26-12-9-21(22(26)28)25-10-7-17(8-11-25)16-2-4-18(27)5-3-16/h1-6,13,17,21,27H,7-12,14H2. The number of aromatic hydroxyl groups is 1. The van der Waals surface area contributed by atoms with Crippen LogP contribution in [-0.4, -0.2) is 46.5 Å². The van der Waals surface area contributed by atoms with E-state index >= 15 is 0 Å². The first-order chi connectivity index (χ1) is 13.5. The van der Waals surface area contributed by atoms with Crippen LogP contribution in [0, 0.1) is 0 Å². The van der Waals surface area contributed by atoms with Crippen molar-refractivity contribution in [3.8, 4) is 5.75 Å². The Morgan fingerprint density at radius 1 is 0.929 bits per heavy atom. The molecule has 0 spiro atoms. The highest BCUT2D eigenvalue weighted by molar-refractivity contribution is 6.42.